The van der Waals surface area contributed by atoms with Crippen LogP contribution < -0.4 is 0 Å². The maximum absolute atomic E-state index is 10.7. The average molecular weight is 259 g/mol. The number of hydrogen-bond donors (Lipinski definition) is 0. The Labute approximate surface area is 103 Å². The molecule has 0 heterocycles. The summed E-state index contributed by atoms with van der Waals surface area (Å²) in [4.78, 5) is 20.2. The van der Waals surface area contributed by atoms with Crippen molar-refractivity contribution in [2.45, 2.75) is 18.9 Å². The van der Waals surface area contributed by atoms with Crippen LogP contribution in [0.1, 0.15) is 18.4 Å². The molecule has 17 heavy (non-hydrogen) atoms. The minimum absolute atomic E-state index is 0.409. The van der Waals surface area contributed by atoms with Gasteiger partial charge in [-0.2, -0.15) is 0 Å². The fraction of sp³-hybridized carbons (Fsp3) is 0.400. The van der Waals surface area contributed by atoms with Gasteiger partial charge < -0.3 is 0 Å². The van der Waals surface area contributed by atoms with Crippen molar-refractivity contribution in [2.75, 3.05) is 6.54 Å². The summed E-state index contributed by atoms with van der Waals surface area (Å²) < 4.78 is 0. The molecule has 0 bridgehead atoms. The second kappa shape index (κ2) is 5.58. The van der Waals surface area contributed by atoms with E-state index in [1.165, 1.54) is 13.0 Å². The Hall–Kier alpha value is -1.69. The monoisotopic (exact) mass is 258 g/mol. The number of rotatable bonds is 5. The second-order valence-corrected chi connectivity index (χ2v) is 4.14. The molecule has 2 atom stereocenters. The minimum atomic E-state index is -1.03. The van der Waals surface area contributed by atoms with Crippen molar-refractivity contribution in [3.63, 3.8) is 0 Å². The van der Waals surface area contributed by atoms with E-state index < -0.39 is 28.4 Å². The molecule has 0 amide bonds. The van der Waals surface area contributed by atoms with Crippen molar-refractivity contribution in [1.29, 1.82) is 0 Å². The van der Waals surface area contributed by atoms with Crippen LogP contribution >= 0.6 is 11.6 Å². The van der Waals surface area contributed by atoms with Gasteiger partial charge in [0.25, 0.3) is 0 Å². The average Bonchev–Trinajstić information content (AvgIpc) is 2.24. The van der Waals surface area contributed by atoms with Crippen molar-refractivity contribution >= 4 is 11.6 Å². The van der Waals surface area contributed by atoms with E-state index in [4.69, 9.17) is 11.6 Å². The third-order valence-corrected chi connectivity index (χ3v) is 2.77. The van der Waals surface area contributed by atoms with Crippen molar-refractivity contribution in [3.05, 3.63) is 55.1 Å². The van der Waals surface area contributed by atoms with Gasteiger partial charge in [0.15, 0.2) is 0 Å². The van der Waals surface area contributed by atoms with E-state index in [0.29, 0.717) is 10.6 Å². The van der Waals surface area contributed by atoms with Gasteiger partial charge in [0.05, 0.1) is 0 Å². The van der Waals surface area contributed by atoms with Gasteiger partial charge in [0.2, 0.25) is 12.6 Å². The van der Waals surface area contributed by atoms with Crippen LogP contribution in [0.4, 0.5) is 0 Å². The van der Waals surface area contributed by atoms with E-state index in [9.17, 15) is 20.2 Å². The van der Waals surface area contributed by atoms with Gasteiger partial charge in [0, 0.05) is 21.8 Å². The molecule has 6 nitrogen and oxygen atoms in total. The summed E-state index contributed by atoms with van der Waals surface area (Å²) in [7, 11) is 0. The number of halogens is 1. The van der Waals surface area contributed by atoms with Crippen LogP contribution in [0.25, 0.3) is 0 Å². The molecule has 7 heteroatoms. The van der Waals surface area contributed by atoms with Crippen LogP contribution in [0, 0.1) is 20.2 Å². The molecule has 1 aromatic carbocycles. The molecule has 92 valence electrons. The fourth-order valence-electron chi connectivity index (χ4n) is 1.58. The Morgan fingerprint density at radius 3 is 2.47 bits per heavy atom. The SMILES string of the molecule is C[C@@H]([C@H](C[N+](=O)[O-])c1cccc(Cl)c1)[N+](=O)[O-]. The van der Waals surface area contributed by atoms with Gasteiger partial charge in [0.1, 0.15) is 5.92 Å². The van der Waals surface area contributed by atoms with Gasteiger partial charge >= 0.3 is 0 Å². The van der Waals surface area contributed by atoms with Gasteiger partial charge in [-0.15, -0.1) is 0 Å². The summed E-state index contributed by atoms with van der Waals surface area (Å²) in [6.45, 7) is 0.873. The Morgan fingerprint density at radius 2 is 2.00 bits per heavy atom. The lowest BCUT2D eigenvalue weighted by Gasteiger charge is -2.14. The molecule has 0 fully saturated rings. The zero-order valence-corrected chi connectivity index (χ0v) is 9.83. The molecule has 0 radical (unpaired) electrons. The number of nitro groups is 2. The summed E-state index contributed by atoms with van der Waals surface area (Å²) in [5.74, 6) is -0.779. The first-order chi connectivity index (χ1) is 7.91. The minimum Gasteiger partial charge on any atom is -0.265 e. The number of hydrogen-bond acceptors (Lipinski definition) is 4. The predicted octanol–water partition coefficient (Wildman–Crippen LogP) is 2.37. The lowest BCUT2D eigenvalue weighted by molar-refractivity contribution is -0.543. The Balaban J connectivity index is 3.05. The predicted molar refractivity (Wildman–Crippen MR) is 62.5 cm³/mol. The molecule has 1 rings (SSSR count). The van der Waals surface area contributed by atoms with E-state index in [1.807, 2.05) is 0 Å². The molecule has 0 spiro atoms. The molecule has 0 unspecified atom stereocenters. The lowest BCUT2D eigenvalue weighted by atomic mass is 9.93. The first kappa shape index (κ1) is 13.4. The molecule has 0 aliphatic carbocycles. The molecule has 0 aliphatic heterocycles. The third kappa shape index (κ3) is 3.67. The highest BCUT2D eigenvalue weighted by Gasteiger charge is 2.32. The second-order valence-electron chi connectivity index (χ2n) is 3.70. The molecule has 1 aromatic rings. The van der Waals surface area contributed by atoms with Crippen LogP contribution in [0.3, 0.4) is 0 Å². The highest BCUT2D eigenvalue weighted by molar-refractivity contribution is 6.30. The normalized spacial score (nSPS) is 14.0. The fourth-order valence-corrected chi connectivity index (χ4v) is 1.78. The lowest BCUT2D eigenvalue weighted by Crippen LogP contribution is -2.29. The zero-order valence-electron chi connectivity index (χ0n) is 9.08. The maximum Gasteiger partial charge on any atom is 0.223 e. The van der Waals surface area contributed by atoms with Crippen LogP contribution in [0.5, 0.6) is 0 Å². The van der Waals surface area contributed by atoms with E-state index in [0.717, 1.165) is 0 Å². The molecule has 0 N–H and O–H groups in total. The van der Waals surface area contributed by atoms with Gasteiger partial charge in [-0.1, -0.05) is 23.7 Å². The third-order valence-electron chi connectivity index (χ3n) is 2.54. The van der Waals surface area contributed by atoms with Crippen LogP contribution in [-0.4, -0.2) is 22.4 Å². The highest BCUT2D eigenvalue weighted by Crippen LogP contribution is 2.24. The van der Waals surface area contributed by atoms with E-state index >= 15 is 0 Å². The molecule has 0 aromatic heterocycles. The van der Waals surface area contributed by atoms with Gasteiger partial charge in [-0.3, -0.25) is 20.2 Å². The summed E-state index contributed by atoms with van der Waals surface area (Å²) in [6, 6.07) is 5.34. The largest absolute Gasteiger partial charge is 0.265 e. The topological polar surface area (TPSA) is 86.3 Å². The summed E-state index contributed by atoms with van der Waals surface area (Å²) in [5.41, 5.74) is 0.512. The molecular weight excluding hydrogens is 248 g/mol. The summed E-state index contributed by atoms with van der Waals surface area (Å²) >= 11 is 5.77. The van der Waals surface area contributed by atoms with Crippen LogP contribution in [-0.2, 0) is 0 Å². The van der Waals surface area contributed by atoms with Crippen LogP contribution in [0.15, 0.2) is 24.3 Å². The summed E-state index contributed by atoms with van der Waals surface area (Å²) in [5, 5.41) is 21.7. The standard InChI is InChI=1S/C10H11ClN2O4/c1-7(13(16)17)10(6-12(14)15)8-3-2-4-9(11)5-8/h2-5,7,10H,6H2,1H3/t7-,10-/m0/s1. The van der Waals surface area contributed by atoms with E-state index in [1.54, 1.807) is 18.2 Å². The zero-order chi connectivity index (χ0) is 13.0. The molecular formula is C10H11ClN2O4. The quantitative estimate of drug-likeness (QED) is 0.599. The molecule has 0 saturated carbocycles. The van der Waals surface area contributed by atoms with Crippen LogP contribution in [0.2, 0.25) is 5.02 Å². The van der Waals surface area contributed by atoms with E-state index in [-0.39, 0.29) is 0 Å². The number of benzene rings is 1. The van der Waals surface area contributed by atoms with E-state index in [2.05, 4.69) is 0 Å². The smallest absolute Gasteiger partial charge is 0.223 e. The first-order valence-electron chi connectivity index (χ1n) is 4.92. The van der Waals surface area contributed by atoms with Crippen molar-refractivity contribution < 1.29 is 9.85 Å². The Kier molecular flexibility index (Phi) is 4.39. The van der Waals surface area contributed by atoms with Crippen molar-refractivity contribution in [1.82, 2.24) is 0 Å². The summed E-state index contributed by atoms with van der Waals surface area (Å²) in [6.07, 6.45) is 0. The van der Waals surface area contributed by atoms with Gasteiger partial charge in [-0.05, 0) is 17.7 Å². The first-order valence-corrected chi connectivity index (χ1v) is 5.30. The highest BCUT2D eigenvalue weighted by atomic mass is 35.5. The Bertz CT molecular complexity index is 438. The van der Waals surface area contributed by atoms with Crippen molar-refractivity contribution in [2.24, 2.45) is 0 Å². The van der Waals surface area contributed by atoms with Crippen molar-refractivity contribution in [3.8, 4) is 0 Å². The Morgan fingerprint density at radius 1 is 1.35 bits per heavy atom. The maximum atomic E-state index is 10.7. The number of nitrogens with zero attached hydrogens (tertiary/aromatic N) is 2. The molecule has 0 saturated heterocycles. The van der Waals surface area contributed by atoms with Gasteiger partial charge in [-0.25, -0.2) is 0 Å². The molecule has 0 aliphatic rings.